The van der Waals surface area contributed by atoms with Crippen molar-refractivity contribution in [2.75, 3.05) is 5.32 Å². The van der Waals surface area contributed by atoms with Crippen molar-refractivity contribution in [3.05, 3.63) is 35.9 Å². The van der Waals surface area contributed by atoms with Crippen molar-refractivity contribution < 1.29 is 4.79 Å². The number of aromatic nitrogens is 2. The monoisotopic (exact) mass is 230 g/mol. The predicted octanol–water partition coefficient (Wildman–Crippen LogP) is 1.89. The highest BCUT2D eigenvalue weighted by atomic mass is 16.2. The molecule has 88 valence electrons. The van der Waals surface area contributed by atoms with Crippen molar-refractivity contribution in [3.63, 3.8) is 0 Å². The lowest BCUT2D eigenvalue weighted by molar-refractivity contribution is 0.259. The van der Waals surface area contributed by atoms with E-state index in [0.29, 0.717) is 5.82 Å². The third-order valence-electron chi connectivity index (χ3n) is 2.57. The van der Waals surface area contributed by atoms with E-state index in [1.54, 1.807) is 11.7 Å². The highest BCUT2D eigenvalue weighted by molar-refractivity contribution is 5.89. The van der Waals surface area contributed by atoms with Crippen LogP contribution in [0.2, 0.25) is 0 Å². The van der Waals surface area contributed by atoms with E-state index < -0.39 is 6.03 Å². The number of rotatable bonds is 2. The van der Waals surface area contributed by atoms with Gasteiger partial charge >= 0.3 is 6.03 Å². The fourth-order valence-electron chi connectivity index (χ4n) is 1.79. The molecule has 5 nitrogen and oxygen atoms in total. The van der Waals surface area contributed by atoms with Crippen LogP contribution in [0.5, 0.6) is 0 Å². The van der Waals surface area contributed by atoms with Crippen LogP contribution in [-0.4, -0.2) is 15.8 Å². The number of carbonyl (C=O) groups excluding carboxylic acids is 1. The maximum absolute atomic E-state index is 10.9. The molecule has 0 aliphatic heterocycles. The molecule has 0 radical (unpaired) electrons. The summed E-state index contributed by atoms with van der Waals surface area (Å²) in [5.41, 5.74) is 7.88. The zero-order valence-electron chi connectivity index (χ0n) is 9.77. The lowest BCUT2D eigenvalue weighted by atomic mass is 10.1. The maximum Gasteiger partial charge on any atom is 0.317 e. The van der Waals surface area contributed by atoms with E-state index in [9.17, 15) is 4.79 Å². The number of amides is 2. The smallest absolute Gasteiger partial charge is 0.317 e. The molecule has 2 rings (SSSR count). The van der Waals surface area contributed by atoms with E-state index in [4.69, 9.17) is 5.73 Å². The van der Waals surface area contributed by atoms with Crippen LogP contribution >= 0.6 is 0 Å². The predicted molar refractivity (Wildman–Crippen MR) is 66.6 cm³/mol. The number of nitrogens with two attached hydrogens (primary N) is 1. The SMILES string of the molecule is Cc1c(-c2ccccc2)nn(C)c1NC(N)=O. The Morgan fingerprint density at radius 2 is 2.00 bits per heavy atom. The van der Waals surface area contributed by atoms with Gasteiger partial charge in [0.05, 0.1) is 5.69 Å². The highest BCUT2D eigenvalue weighted by Crippen LogP contribution is 2.26. The third kappa shape index (κ3) is 2.13. The number of urea groups is 1. The first kappa shape index (κ1) is 11.2. The molecule has 5 heteroatoms. The number of aryl methyl sites for hydroxylation is 1. The summed E-state index contributed by atoms with van der Waals surface area (Å²) >= 11 is 0. The van der Waals surface area contributed by atoms with Gasteiger partial charge in [0.1, 0.15) is 5.82 Å². The van der Waals surface area contributed by atoms with Crippen molar-refractivity contribution in [3.8, 4) is 11.3 Å². The van der Waals surface area contributed by atoms with Gasteiger partial charge in [0, 0.05) is 18.2 Å². The molecule has 0 spiro atoms. The lowest BCUT2D eigenvalue weighted by Gasteiger charge is -2.02. The van der Waals surface area contributed by atoms with Crippen molar-refractivity contribution >= 4 is 11.8 Å². The molecule has 3 N–H and O–H groups in total. The van der Waals surface area contributed by atoms with Crippen molar-refractivity contribution in [1.82, 2.24) is 9.78 Å². The Morgan fingerprint density at radius 1 is 1.35 bits per heavy atom. The fourth-order valence-corrected chi connectivity index (χ4v) is 1.79. The summed E-state index contributed by atoms with van der Waals surface area (Å²) in [5, 5.41) is 6.95. The number of primary amides is 1. The number of nitrogens with zero attached hydrogens (tertiary/aromatic N) is 2. The van der Waals surface area contributed by atoms with Crippen LogP contribution in [0, 0.1) is 6.92 Å². The topological polar surface area (TPSA) is 72.9 Å². The molecular formula is C12H14N4O. The van der Waals surface area contributed by atoms with Crippen LogP contribution in [-0.2, 0) is 7.05 Å². The highest BCUT2D eigenvalue weighted by Gasteiger charge is 2.14. The van der Waals surface area contributed by atoms with Crippen molar-refractivity contribution in [2.45, 2.75) is 6.92 Å². The molecule has 1 heterocycles. The minimum atomic E-state index is -0.587. The Labute approximate surface area is 99.2 Å². The molecule has 0 atom stereocenters. The van der Waals surface area contributed by atoms with E-state index in [1.165, 1.54) is 0 Å². The van der Waals surface area contributed by atoms with Crippen LogP contribution in [0.3, 0.4) is 0 Å². The zero-order chi connectivity index (χ0) is 12.4. The standard InChI is InChI=1S/C12H14N4O/c1-8-10(9-6-4-3-5-7-9)15-16(2)11(8)14-12(13)17/h3-7H,1-2H3,(H3,13,14,17). The van der Waals surface area contributed by atoms with E-state index in [0.717, 1.165) is 16.8 Å². The van der Waals surface area contributed by atoms with Crippen LogP contribution in [0.1, 0.15) is 5.56 Å². The summed E-state index contributed by atoms with van der Waals surface area (Å²) in [7, 11) is 1.77. The summed E-state index contributed by atoms with van der Waals surface area (Å²) < 4.78 is 1.61. The van der Waals surface area contributed by atoms with Gasteiger partial charge in [-0.1, -0.05) is 30.3 Å². The summed E-state index contributed by atoms with van der Waals surface area (Å²) in [6, 6.07) is 9.21. The number of benzene rings is 1. The van der Waals surface area contributed by atoms with Crippen LogP contribution in [0.15, 0.2) is 30.3 Å². The molecule has 1 aromatic heterocycles. The molecule has 0 saturated heterocycles. The minimum Gasteiger partial charge on any atom is -0.351 e. The Balaban J connectivity index is 2.48. The molecule has 0 aliphatic rings. The molecule has 0 aliphatic carbocycles. The summed E-state index contributed by atoms with van der Waals surface area (Å²) in [5.74, 6) is 0.622. The molecule has 0 bridgehead atoms. The minimum absolute atomic E-state index is 0.587. The Morgan fingerprint density at radius 3 is 2.59 bits per heavy atom. The second-order valence-corrected chi connectivity index (χ2v) is 3.80. The molecule has 2 amide bonds. The van der Waals surface area contributed by atoms with Gasteiger partial charge in [-0.2, -0.15) is 5.10 Å². The molecule has 1 aromatic carbocycles. The zero-order valence-corrected chi connectivity index (χ0v) is 9.77. The summed E-state index contributed by atoms with van der Waals surface area (Å²) in [6.07, 6.45) is 0. The third-order valence-corrected chi connectivity index (χ3v) is 2.57. The molecule has 0 unspecified atom stereocenters. The quantitative estimate of drug-likeness (QED) is 0.826. The van der Waals surface area contributed by atoms with E-state index in [1.807, 2.05) is 37.3 Å². The van der Waals surface area contributed by atoms with Crippen molar-refractivity contribution in [1.29, 1.82) is 0 Å². The molecular weight excluding hydrogens is 216 g/mol. The number of nitrogens with one attached hydrogen (secondary N) is 1. The van der Waals surface area contributed by atoms with E-state index in [-0.39, 0.29) is 0 Å². The Hall–Kier alpha value is -2.30. The average molecular weight is 230 g/mol. The second-order valence-electron chi connectivity index (χ2n) is 3.80. The fraction of sp³-hybridized carbons (Fsp3) is 0.167. The van der Waals surface area contributed by atoms with Gasteiger partial charge in [-0.25, -0.2) is 4.79 Å². The summed E-state index contributed by atoms with van der Waals surface area (Å²) in [4.78, 5) is 10.9. The normalized spacial score (nSPS) is 10.2. The molecule has 2 aromatic rings. The van der Waals surface area contributed by atoms with Gasteiger partial charge < -0.3 is 5.73 Å². The van der Waals surface area contributed by atoms with E-state index >= 15 is 0 Å². The maximum atomic E-state index is 10.9. The van der Waals surface area contributed by atoms with Gasteiger partial charge in [-0.15, -0.1) is 0 Å². The molecule has 17 heavy (non-hydrogen) atoms. The number of anilines is 1. The number of hydrogen-bond acceptors (Lipinski definition) is 2. The van der Waals surface area contributed by atoms with Crippen molar-refractivity contribution in [2.24, 2.45) is 12.8 Å². The van der Waals surface area contributed by atoms with Crippen LogP contribution in [0.4, 0.5) is 10.6 Å². The molecule has 0 fully saturated rings. The largest absolute Gasteiger partial charge is 0.351 e. The second kappa shape index (κ2) is 4.29. The average Bonchev–Trinajstić information content (AvgIpc) is 2.58. The van der Waals surface area contributed by atoms with Gasteiger partial charge in [-0.3, -0.25) is 10.00 Å². The van der Waals surface area contributed by atoms with Gasteiger partial charge in [0.15, 0.2) is 0 Å². The molecule has 0 saturated carbocycles. The van der Waals surface area contributed by atoms with Gasteiger partial charge in [0.25, 0.3) is 0 Å². The number of hydrogen-bond donors (Lipinski definition) is 2. The Bertz CT molecular complexity index is 545. The van der Waals surface area contributed by atoms with Gasteiger partial charge in [-0.05, 0) is 6.92 Å². The first-order valence-electron chi connectivity index (χ1n) is 5.25. The number of carbonyl (C=O) groups is 1. The first-order chi connectivity index (χ1) is 8.09. The summed E-state index contributed by atoms with van der Waals surface area (Å²) in [6.45, 7) is 1.90. The van der Waals surface area contributed by atoms with E-state index in [2.05, 4.69) is 10.4 Å². The Kier molecular flexibility index (Phi) is 2.82. The first-order valence-corrected chi connectivity index (χ1v) is 5.25. The van der Waals surface area contributed by atoms with Crippen LogP contribution in [0.25, 0.3) is 11.3 Å². The van der Waals surface area contributed by atoms with Gasteiger partial charge in [0.2, 0.25) is 0 Å². The van der Waals surface area contributed by atoms with Crippen LogP contribution < -0.4 is 11.1 Å². The lowest BCUT2D eigenvalue weighted by Crippen LogP contribution is -2.21.